The molecule has 1 aromatic carbocycles. The summed E-state index contributed by atoms with van der Waals surface area (Å²) in [5.41, 5.74) is 1.76. The summed E-state index contributed by atoms with van der Waals surface area (Å²) in [6, 6.07) is 9.60. The molecule has 88 valence electrons. The largest absolute Gasteiger partial charge is 0.326 e. The van der Waals surface area contributed by atoms with Gasteiger partial charge in [0.25, 0.3) is 0 Å². The lowest BCUT2D eigenvalue weighted by atomic mass is 10.1. The third kappa shape index (κ3) is 2.45. The van der Waals surface area contributed by atoms with Gasteiger partial charge in [-0.05, 0) is 24.1 Å². The van der Waals surface area contributed by atoms with Gasteiger partial charge in [0, 0.05) is 6.54 Å². The Morgan fingerprint density at radius 1 is 1.47 bits per heavy atom. The van der Waals surface area contributed by atoms with Crippen LogP contribution in [0.5, 0.6) is 0 Å². The van der Waals surface area contributed by atoms with E-state index in [0.29, 0.717) is 11.3 Å². The van der Waals surface area contributed by atoms with Crippen molar-refractivity contribution in [1.29, 1.82) is 5.26 Å². The number of hydrogen-bond acceptors (Lipinski definition) is 3. The van der Waals surface area contributed by atoms with Gasteiger partial charge in [0.2, 0.25) is 5.91 Å². The highest BCUT2D eigenvalue weighted by atomic mass is 32.2. The molecule has 1 saturated heterocycles. The zero-order valence-electron chi connectivity index (χ0n) is 9.72. The molecule has 1 amide bonds. The highest BCUT2D eigenvalue weighted by molar-refractivity contribution is 8.00. The Hall–Kier alpha value is -1.47. The van der Waals surface area contributed by atoms with Gasteiger partial charge in [0.1, 0.15) is 5.37 Å². The molecule has 1 aliphatic heterocycles. The van der Waals surface area contributed by atoms with Gasteiger partial charge in [-0.1, -0.05) is 19.1 Å². The molecule has 0 N–H and O–H groups in total. The number of thioether (sulfide) groups is 1. The first-order valence-electron chi connectivity index (χ1n) is 5.67. The monoisotopic (exact) mass is 246 g/mol. The van der Waals surface area contributed by atoms with Crippen molar-refractivity contribution >= 4 is 17.7 Å². The lowest BCUT2D eigenvalue weighted by molar-refractivity contribution is -0.128. The van der Waals surface area contributed by atoms with Crippen LogP contribution in [0.3, 0.4) is 0 Å². The fourth-order valence-corrected chi connectivity index (χ4v) is 3.15. The summed E-state index contributed by atoms with van der Waals surface area (Å²) >= 11 is 1.66. The number of carbonyl (C=O) groups excluding carboxylic acids is 1. The first kappa shape index (κ1) is 12.0. The molecule has 1 heterocycles. The number of benzene rings is 1. The Kier molecular flexibility index (Phi) is 3.70. The summed E-state index contributed by atoms with van der Waals surface area (Å²) in [5, 5.41) is 8.87. The lowest BCUT2D eigenvalue weighted by Crippen LogP contribution is -2.28. The number of carbonyl (C=O) groups is 1. The summed E-state index contributed by atoms with van der Waals surface area (Å²) in [6.45, 7) is 2.88. The summed E-state index contributed by atoms with van der Waals surface area (Å²) in [4.78, 5) is 13.6. The van der Waals surface area contributed by atoms with E-state index in [4.69, 9.17) is 5.26 Å². The minimum Gasteiger partial charge on any atom is -0.326 e. The van der Waals surface area contributed by atoms with Crippen LogP contribution in [0.2, 0.25) is 0 Å². The number of hydrogen-bond donors (Lipinski definition) is 0. The summed E-state index contributed by atoms with van der Waals surface area (Å²) in [6.07, 6.45) is 0.971. The molecule has 1 atom stereocenters. The zero-order chi connectivity index (χ0) is 12.3. The zero-order valence-corrected chi connectivity index (χ0v) is 10.5. The molecule has 3 nitrogen and oxygen atoms in total. The van der Waals surface area contributed by atoms with E-state index in [1.807, 2.05) is 29.2 Å². The first-order valence-corrected chi connectivity index (χ1v) is 6.72. The second-order valence-electron chi connectivity index (χ2n) is 3.98. The van der Waals surface area contributed by atoms with Crippen LogP contribution < -0.4 is 0 Å². The maximum Gasteiger partial charge on any atom is 0.233 e. The summed E-state index contributed by atoms with van der Waals surface area (Å²) in [7, 11) is 0. The maximum absolute atomic E-state index is 11.7. The van der Waals surface area contributed by atoms with Gasteiger partial charge in [0.15, 0.2) is 0 Å². The molecule has 1 fully saturated rings. The van der Waals surface area contributed by atoms with E-state index >= 15 is 0 Å². The van der Waals surface area contributed by atoms with Gasteiger partial charge >= 0.3 is 0 Å². The second-order valence-corrected chi connectivity index (χ2v) is 5.05. The van der Waals surface area contributed by atoms with Crippen LogP contribution in [0.15, 0.2) is 24.3 Å². The molecule has 0 aromatic heterocycles. The number of amides is 1. The van der Waals surface area contributed by atoms with Gasteiger partial charge in [0.05, 0.1) is 17.4 Å². The molecule has 1 aromatic rings. The topological polar surface area (TPSA) is 44.1 Å². The average Bonchev–Trinajstić information content (AvgIpc) is 2.72. The van der Waals surface area contributed by atoms with Crippen LogP contribution >= 0.6 is 11.8 Å². The van der Waals surface area contributed by atoms with E-state index in [9.17, 15) is 4.79 Å². The van der Waals surface area contributed by atoms with E-state index in [2.05, 4.69) is 13.0 Å². The molecular weight excluding hydrogens is 232 g/mol. The molecular formula is C13H14N2OS. The molecule has 1 unspecified atom stereocenters. The van der Waals surface area contributed by atoms with Crippen molar-refractivity contribution in [2.75, 3.05) is 12.3 Å². The molecule has 0 radical (unpaired) electrons. The van der Waals surface area contributed by atoms with Crippen LogP contribution in [0.25, 0.3) is 0 Å². The molecule has 0 spiro atoms. The summed E-state index contributed by atoms with van der Waals surface area (Å²) < 4.78 is 0. The van der Waals surface area contributed by atoms with Crippen LogP contribution in [0.1, 0.15) is 29.8 Å². The van der Waals surface area contributed by atoms with Crippen molar-refractivity contribution in [1.82, 2.24) is 4.90 Å². The Morgan fingerprint density at radius 2 is 2.18 bits per heavy atom. The van der Waals surface area contributed by atoms with Crippen molar-refractivity contribution in [3.05, 3.63) is 35.4 Å². The van der Waals surface area contributed by atoms with Gasteiger partial charge in [-0.25, -0.2) is 0 Å². The van der Waals surface area contributed by atoms with Crippen LogP contribution in [0, 0.1) is 11.3 Å². The molecule has 0 aliphatic carbocycles. The van der Waals surface area contributed by atoms with Crippen molar-refractivity contribution in [3.8, 4) is 6.07 Å². The molecule has 0 bridgehead atoms. The molecule has 2 rings (SSSR count). The van der Waals surface area contributed by atoms with Gasteiger partial charge in [-0.3, -0.25) is 4.79 Å². The van der Waals surface area contributed by atoms with Crippen LogP contribution in [-0.2, 0) is 4.79 Å². The molecule has 1 aliphatic rings. The number of nitriles is 1. The highest BCUT2D eigenvalue weighted by Crippen LogP contribution is 2.38. The average molecular weight is 246 g/mol. The first-order chi connectivity index (χ1) is 8.26. The predicted molar refractivity (Wildman–Crippen MR) is 68.4 cm³/mol. The van der Waals surface area contributed by atoms with Crippen molar-refractivity contribution in [3.63, 3.8) is 0 Å². The van der Waals surface area contributed by atoms with E-state index in [1.54, 1.807) is 11.8 Å². The van der Waals surface area contributed by atoms with E-state index in [1.165, 1.54) is 0 Å². The van der Waals surface area contributed by atoms with Crippen molar-refractivity contribution in [2.24, 2.45) is 0 Å². The Morgan fingerprint density at radius 3 is 2.76 bits per heavy atom. The highest BCUT2D eigenvalue weighted by Gasteiger charge is 2.31. The Balaban J connectivity index is 2.20. The standard InChI is InChI=1S/C13H14N2OS/c1-2-7-15-12(16)9-17-13(15)11-5-3-10(8-14)4-6-11/h3-6,13H,2,7,9H2,1H3. The van der Waals surface area contributed by atoms with Crippen LogP contribution in [-0.4, -0.2) is 23.1 Å². The minimum absolute atomic E-state index is 0.121. The van der Waals surface area contributed by atoms with Gasteiger partial charge < -0.3 is 4.90 Å². The molecule has 0 saturated carbocycles. The van der Waals surface area contributed by atoms with E-state index in [0.717, 1.165) is 18.5 Å². The fraction of sp³-hybridized carbons (Fsp3) is 0.385. The minimum atomic E-state index is 0.121. The van der Waals surface area contributed by atoms with Crippen molar-refractivity contribution < 1.29 is 4.79 Å². The second kappa shape index (κ2) is 5.24. The number of nitrogens with zero attached hydrogens (tertiary/aromatic N) is 2. The predicted octanol–water partition coefficient (Wildman–Crippen LogP) is 2.54. The van der Waals surface area contributed by atoms with E-state index < -0.39 is 0 Å². The molecule has 4 heteroatoms. The van der Waals surface area contributed by atoms with Gasteiger partial charge in [-0.15, -0.1) is 11.8 Å². The third-order valence-electron chi connectivity index (χ3n) is 2.76. The maximum atomic E-state index is 11.7. The smallest absolute Gasteiger partial charge is 0.233 e. The third-order valence-corrected chi connectivity index (χ3v) is 4.01. The summed E-state index contributed by atoms with van der Waals surface area (Å²) in [5.74, 6) is 0.774. The quantitative estimate of drug-likeness (QED) is 0.823. The Labute approximate surface area is 105 Å². The molecule has 17 heavy (non-hydrogen) atoms. The Bertz CT molecular complexity index is 449. The van der Waals surface area contributed by atoms with Crippen LogP contribution in [0.4, 0.5) is 0 Å². The van der Waals surface area contributed by atoms with E-state index in [-0.39, 0.29) is 11.3 Å². The van der Waals surface area contributed by atoms with Gasteiger partial charge in [-0.2, -0.15) is 5.26 Å². The lowest BCUT2D eigenvalue weighted by Gasteiger charge is -2.23. The SMILES string of the molecule is CCCN1C(=O)CSC1c1ccc(C#N)cc1. The van der Waals surface area contributed by atoms with Crippen molar-refractivity contribution in [2.45, 2.75) is 18.7 Å². The number of rotatable bonds is 3. The fourth-order valence-electron chi connectivity index (χ4n) is 1.94. The normalized spacial score (nSPS) is 19.4.